The zero-order valence-electron chi connectivity index (χ0n) is 16.5. The minimum atomic E-state index is -0.225. The van der Waals surface area contributed by atoms with Crippen LogP contribution in [-0.2, 0) is 0 Å². The molecule has 0 unspecified atom stereocenters. The second-order valence-electron chi connectivity index (χ2n) is 8.01. The average molecular weight is 411 g/mol. The number of nitrogens with zero attached hydrogens (tertiary/aromatic N) is 6. The molecule has 0 spiro atoms. The molecule has 1 aromatic carbocycles. The average Bonchev–Trinajstić information content (AvgIpc) is 3.53. The van der Waals surface area contributed by atoms with Gasteiger partial charge in [-0.2, -0.15) is 5.26 Å². The van der Waals surface area contributed by atoms with Crippen LogP contribution in [0.5, 0.6) is 0 Å². The van der Waals surface area contributed by atoms with Gasteiger partial charge in [-0.05, 0) is 36.8 Å². The summed E-state index contributed by atoms with van der Waals surface area (Å²) < 4.78 is 13.7. The lowest BCUT2D eigenvalue weighted by Crippen LogP contribution is -2.47. The van der Waals surface area contributed by atoms with Crippen LogP contribution in [0.2, 0.25) is 0 Å². The van der Waals surface area contributed by atoms with Crippen LogP contribution in [0.15, 0.2) is 55.0 Å². The van der Waals surface area contributed by atoms with Crippen LogP contribution in [0, 0.1) is 17.1 Å². The number of hydrogen-bond acceptors (Lipinski definition) is 6. The van der Waals surface area contributed by atoms with Crippen molar-refractivity contribution in [2.45, 2.75) is 18.5 Å². The van der Waals surface area contributed by atoms with Gasteiger partial charge in [0.05, 0.1) is 12.2 Å². The normalized spacial score (nSPS) is 19.9. The van der Waals surface area contributed by atoms with Gasteiger partial charge in [-0.3, -0.25) is 0 Å². The van der Waals surface area contributed by atoms with Crippen LogP contribution < -0.4 is 9.80 Å². The Morgan fingerprint density at radius 1 is 1.06 bits per heavy atom. The summed E-state index contributed by atoms with van der Waals surface area (Å²) in [6, 6.07) is 13.4. The lowest BCUT2D eigenvalue weighted by Gasteiger charge is -2.36. The van der Waals surface area contributed by atoms with Crippen molar-refractivity contribution < 1.29 is 4.39 Å². The van der Waals surface area contributed by atoms with Gasteiger partial charge in [-0.1, -0.05) is 6.07 Å². The highest BCUT2D eigenvalue weighted by molar-refractivity contribution is 5.80. The number of piperazine rings is 1. The molecule has 2 saturated heterocycles. The summed E-state index contributed by atoms with van der Waals surface area (Å²) in [6.45, 7) is 1.51. The van der Waals surface area contributed by atoms with Crippen molar-refractivity contribution in [2.75, 3.05) is 22.9 Å². The van der Waals surface area contributed by atoms with E-state index in [4.69, 9.17) is 4.98 Å². The number of fused-ring (bicyclic) bond motifs is 3. The molecule has 6 rings (SSSR count). The molecule has 5 heterocycles. The first kappa shape index (κ1) is 17.8. The number of nitriles is 1. The first-order valence-corrected chi connectivity index (χ1v) is 10.2. The quantitative estimate of drug-likeness (QED) is 0.556. The van der Waals surface area contributed by atoms with Gasteiger partial charge in [0.25, 0.3) is 0 Å². The summed E-state index contributed by atoms with van der Waals surface area (Å²) >= 11 is 0. The van der Waals surface area contributed by atoms with E-state index in [2.05, 4.69) is 30.8 Å². The van der Waals surface area contributed by atoms with Gasteiger partial charge in [0.2, 0.25) is 0 Å². The number of rotatable bonds is 3. The fourth-order valence-corrected chi connectivity index (χ4v) is 4.77. The van der Waals surface area contributed by atoms with Crippen molar-refractivity contribution in [2.24, 2.45) is 0 Å². The number of halogens is 1. The van der Waals surface area contributed by atoms with Crippen LogP contribution in [0.3, 0.4) is 0 Å². The van der Waals surface area contributed by atoms with E-state index in [9.17, 15) is 9.65 Å². The molecule has 2 aliphatic heterocycles. The van der Waals surface area contributed by atoms with Crippen molar-refractivity contribution in [3.05, 3.63) is 66.4 Å². The minimum absolute atomic E-state index is 0.216. The van der Waals surface area contributed by atoms with Crippen molar-refractivity contribution >= 4 is 22.5 Å². The maximum Gasteiger partial charge on any atom is 0.163 e. The van der Waals surface area contributed by atoms with Crippen LogP contribution in [0.1, 0.15) is 12.0 Å². The molecule has 2 bridgehead atoms. The molecule has 2 fully saturated rings. The third-order valence-electron chi connectivity index (χ3n) is 6.20. The van der Waals surface area contributed by atoms with Gasteiger partial charge in [-0.15, -0.1) is 0 Å². The third-order valence-corrected chi connectivity index (χ3v) is 6.20. The predicted molar refractivity (Wildman–Crippen MR) is 115 cm³/mol. The van der Waals surface area contributed by atoms with Crippen LogP contribution in [0.25, 0.3) is 22.4 Å². The molecule has 0 aliphatic carbocycles. The van der Waals surface area contributed by atoms with E-state index < -0.39 is 0 Å². The summed E-state index contributed by atoms with van der Waals surface area (Å²) in [4.78, 5) is 21.2. The van der Waals surface area contributed by atoms with E-state index in [-0.39, 0.29) is 17.9 Å². The molecule has 0 saturated carbocycles. The molecule has 1 N–H and O–H groups in total. The lowest BCUT2D eigenvalue weighted by molar-refractivity contribution is 0.617. The van der Waals surface area contributed by atoms with Crippen molar-refractivity contribution in [3.63, 3.8) is 0 Å². The highest BCUT2D eigenvalue weighted by Crippen LogP contribution is 2.38. The standard InChI is InChI=1S/C23H18FN7/c24-17-2-1-3-18(7-17)30-12-20-8-19(30)13-31(20)23-16(9-25)11-28-22(29-23)15-6-14-4-5-26-21(14)27-10-15/h1-7,10-11,19-20H,8,12-13H2,(H,26,27)/t19-,20-/m0/s1. The van der Waals surface area contributed by atoms with E-state index in [1.165, 1.54) is 6.07 Å². The molecular weight excluding hydrogens is 393 g/mol. The number of H-pyrrole nitrogens is 1. The SMILES string of the molecule is N#Cc1cnc(-c2cnc3[nH]ccc3c2)nc1N1C[C@@H]2C[C@H]1CN2c1cccc(F)c1. The smallest absolute Gasteiger partial charge is 0.163 e. The Morgan fingerprint density at radius 3 is 2.74 bits per heavy atom. The lowest BCUT2D eigenvalue weighted by atomic mass is 10.2. The predicted octanol–water partition coefficient (Wildman–Crippen LogP) is 3.50. The Labute approximate surface area is 177 Å². The first-order chi connectivity index (χ1) is 15.2. The molecule has 4 aromatic rings. The summed E-state index contributed by atoms with van der Waals surface area (Å²) in [5.74, 6) is 0.986. The van der Waals surface area contributed by atoms with Gasteiger partial charge >= 0.3 is 0 Å². The van der Waals surface area contributed by atoms with Gasteiger partial charge in [0, 0.05) is 48.2 Å². The number of aromatic nitrogens is 4. The molecule has 2 aliphatic rings. The number of aromatic amines is 1. The van der Waals surface area contributed by atoms with Gasteiger partial charge in [0.1, 0.15) is 23.1 Å². The maximum absolute atomic E-state index is 13.7. The molecule has 2 atom stereocenters. The molecule has 152 valence electrons. The van der Waals surface area contributed by atoms with E-state index in [1.807, 2.05) is 24.4 Å². The van der Waals surface area contributed by atoms with Crippen LogP contribution in [-0.4, -0.2) is 45.1 Å². The van der Waals surface area contributed by atoms with Crippen LogP contribution in [0.4, 0.5) is 15.9 Å². The van der Waals surface area contributed by atoms with Crippen molar-refractivity contribution in [1.29, 1.82) is 5.26 Å². The molecule has 0 amide bonds. The topological polar surface area (TPSA) is 84.7 Å². The van der Waals surface area contributed by atoms with Crippen LogP contribution >= 0.6 is 0 Å². The Morgan fingerprint density at radius 2 is 1.94 bits per heavy atom. The van der Waals surface area contributed by atoms with Gasteiger partial charge in [-0.25, -0.2) is 19.3 Å². The summed E-state index contributed by atoms with van der Waals surface area (Å²) in [5.41, 5.74) is 2.99. The monoisotopic (exact) mass is 411 g/mol. The highest BCUT2D eigenvalue weighted by Gasteiger charge is 2.44. The number of hydrogen-bond donors (Lipinski definition) is 1. The number of nitrogens with one attached hydrogen (secondary N) is 1. The summed E-state index contributed by atoms with van der Waals surface area (Å²) in [5, 5.41) is 10.6. The Hall–Kier alpha value is -3.99. The number of benzene rings is 1. The first-order valence-electron chi connectivity index (χ1n) is 10.2. The van der Waals surface area contributed by atoms with E-state index in [0.29, 0.717) is 17.2 Å². The molecule has 8 heteroatoms. The van der Waals surface area contributed by atoms with E-state index in [0.717, 1.165) is 41.8 Å². The Kier molecular flexibility index (Phi) is 3.90. The van der Waals surface area contributed by atoms with Gasteiger partial charge in [0.15, 0.2) is 11.6 Å². The van der Waals surface area contributed by atoms with E-state index in [1.54, 1.807) is 24.5 Å². The fourth-order valence-electron chi connectivity index (χ4n) is 4.77. The summed E-state index contributed by atoms with van der Waals surface area (Å²) in [6.07, 6.45) is 6.14. The molecule has 7 nitrogen and oxygen atoms in total. The maximum atomic E-state index is 13.7. The Balaban J connectivity index is 1.32. The van der Waals surface area contributed by atoms with Crippen molar-refractivity contribution in [3.8, 4) is 17.5 Å². The third kappa shape index (κ3) is 2.89. The molecule has 0 radical (unpaired) electrons. The molecule has 3 aromatic heterocycles. The zero-order chi connectivity index (χ0) is 20.9. The van der Waals surface area contributed by atoms with E-state index >= 15 is 0 Å². The minimum Gasteiger partial charge on any atom is -0.365 e. The Bertz CT molecular complexity index is 1340. The largest absolute Gasteiger partial charge is 0.365 e. The fraction of sp³-hybridized carbons (Fsp3) is 0.217. The highest BCUT2D eigenvalue weighted by atomic mass is 19.1. The second-order valence-corrected chi connectivity index (χ2v) is 8.01. The molecule has 31 heavy (non-hydrogen) atoms. The zero-order valence-corrected chi connectivity index (χ0v) is 16.5. The summed E-state index contributed by atoms with van der Waals surface area (Å²) in [7, 11) is 0. The molecular formula is C23H18FN7. The number of pyridine rings is 1. The second kappa shape index (κ2) is 6.77. The van der Waals surface area contributed by atoms with Crippen molar-refractivity contribution in [1.82, 2.24) is 19.9 Å². The number of anilines is 2. The van der Waals surface area contributed by atoms with Gasteiger partial charge < -0.3 is 14.8 Å².